The van der Waals surface area contributed by atoms with Gasteiger partial charge in [0.25, 0.3) is 10.0 Å². The molecule has 0 spiro atoms. The zero-order valence-corrected chi connectivity index (χ0v) is 26.6. The molecule has 44 heavy (non-hydrogen) atoms. The molecule has 1 N–H and O–H groups in total. The SMILES string of the molecule is COC(=O)C1=C(S(=O)(=O)Nc2ccc(Oc3ccnc4cc(OCCCN5CCC(C)CC5)c(OC)cc34)c(F)c2)CCS1. The van der Waals surface area contributed by atoms with E-state index in [1.165, 1.54) is 32.1 Å². The van der Waals surface area contributed by atoms with Crippen molar-refractivity contribution in [3.63, 3.8) is 0 Å². The molecule has 3 aromatic rings. The molecular weight excluding hydrogens is 609 g/mol. The number of fused-ring (bicyclic) bond motifs is 1. The number of methoxy groups -OCH3 is 2. The number of carbonyl (C=O) groups is 1. The van der Waals surface area contributed by atoms with E-state index < -0.39 is 21.8 Å². The van der Waals surface area contributed by atoms with E-state index in [2.05, 4.69) is 21.5 Å². The Morgan fingerprint density at radius 1 is 1.09 bits per heavy atom. The lowest BCUT2D eigenvalue weighted by atomic mass is 9.99. The van der Waals surface area contributed by atoms with Gasteiger partial charge < -0.3 is 23.8 Å². The number of halogens is 1. The Kier molecular flexibility index (Phi) is 10.2. The van der Waals surface area contributed by atoms with E-state index in [1.807, 2.05) is 0 Å². The molecule has 3 heterocycles. The number of anilines is 1. The number of hydrogen-bond acceptors (Lipinski definition) is 10. The van der Waals surface area contributed by atoms with Crippen LogP contribution in [-0.2, 0) is 19.6 Å². The summed E-state index contributed by atoms with van der Waals surface area (Å²) >= 11 is 1.11. The van der Waals surface area contributed by atoms with E-state index in [0.717, 1.165) is 49.8 Å². The van der Waals surface area contributed by atoms with Crippen LogP contribution < -0.4 is 18.9 Å². The van der Waals surface area contributed by atoms with Gasteiger partial charge in [-0.25, -0.2) is 17.6 Å². The van der Waals surface area contributed by atoms with Gasteiger partial charge in [-0.15, -0.1) is 11.8 Å². The van der Waals surface area contributed by atoms with Crippen molar-refractivity contribution in [2.75, 3.05) is 50.9 Å². The van der Waals surface area contributed by atoms with Gasteiger partial charge in [-0.05, 0) is 69.0 Å². The second-order valence-electron chi connectivity index (χ2n) is 10.8. The Morgan fingerprint density at radius 2 is 1.89 bits per heavy atom. The fraction of sp³-hybridized carbons (Fsp3) is 0.419. The smallest absolute Gasteiger partial charge is 0.345 e. The third kappa shape index (κ3) is 7.39. The predicted octanol–water partition coefficient (Wildman–Crippen LogP) is 5.94. The number of hydrogen-bond donors (Lipinski definition) is 1. The number of thioether (sulfide) groups is 1. The summed E-state index contributed by atoms with van der Waals surface area (Å²) in [6.45, 7) is 6.07. The van der Waals surface area contributed by atoms with E-state index >= 15 is 4.39 Å². The summed E-state index contributed by atoms with van der Waals surface area (Å²) in [4.78, 5) is 18.8. The van der Waals surface area contributed by atoms with Crippen LogP contribution in [0.25, 0.3) is 10.9 Å². The number of sulfonamides is 1. The largest absolute Gasteiger partial charge is 0.493 e. The predicted molar refractivity (Wildman–Crippen MR) is 168 cm³/mol. The number of benzene rings is 2. The summed E-state index contributed by atoms with van der Waals surface area (Å²) in [5.41, 5.74) is 0.568. The number of likely N-dealkylation sites (tertiary alicyclic amines) is 1. The highest BCUT2D eigenvalue weighted by Crippen LogP contribution is 2.39. The first kappa shape index (κ1) is 31.9. The number of piperidine rings is 1. The van der Waals surface area contributed by atoms with Gasteiger partial charge >= 0.3 is 5.97 Å². The van der Waals surface area contributed by atoms with Gasteiger partial charge in [0.2, 0.25) is 0 Å². The maximum atomic E-state index is 15.2. The third-order valence-electron chi connectivity index (χ3n) is 7.67. The molecule has 1 fully saturated rings. The molecule has 236 valence electrons. The van der Waals surface area contributed by atoms with Crippen LogP contribution in [0.1, 0.15) is 32.6 Å². The maximum Gasteiger partial charge on any atom is 0.345 e. The molecule has 2 aliphatic heterocycles. The van der Waals surface area contributed by atoms with Gasteiger partial charge in [0, 0.05) is 36.0 Å². The van der Waals surface area contributed by atoms with Gasteiger partial charge in [-0.1, -0.05) is 6.92 Å². The third-order valence-corrected chi connectivity index (χ3v) is 10.5. The molecule has 13 heteroatoms. The summed E-state index contributed by atoms with van der Waals surface area (Å²) in [5.74, 6) is 1.01. The highest BCUT2D eigenvalue weighted by molar-refractivity contribution is 8.06. The number of aromatic nitrogens is 1. The molecule has 1 saturated heterocycles. The monoisotopic (exact) mass is 645 g/mol. The minimum absolute atomic E-state index is 0.0126. The normalized spacial score (nSPS) is 16.3. The molecule has 5 rings (SSSR count). The van der Waals surface area contributed by atoms with Crippen molar-refractivity contribution in [2.45, 2.75) is 32.6 Å². The van der Waals surface area contributed by atoms with Crippen LogP contribution in [0, 0.1) is 11.7 Å². The van der Waals surface area contributed by atoms with Gasteiger partial charge in [0.1, 0.15) is 10.7 Å². The zero-order valence-electron chi connectivity index (χ0n) is 24.9. The summed E-state index contributed by atoms with van der Waals surface area (Å²) in [7, 11) is -1.36. The highest BCUT2D eigenvalue weighted by atomic mass is 32.2. The van der Waals surface area contributed by atoms with Crippen LogP contribution in [0.2, 0.25) is 0 Å². The van der Waals surface area contributed by atoms with E-state index in [1.54, 1.807) is 31.5 Å². The van der Waals surface area contributed by atoms with Gasteiger partial charge in [-0.2, -0.15) is 0 Å². The lowest BCUT2D eigenvalue weighted by molar-refractivity contribution is -0.135. The van der Waals surface area contributed by atoms with Gasteiger partial charge in [0.15, 0.2) is 23.1 Å². The topological polar surface area (TPSA) is 116 Å². The number of carbonyl (C=O) groups excluding carboxylic acids is 1. The lowest BCUT2D eigenvalue weighted by Gasteiger charge is -2.30. The Labute approximate surface area is 261 Å². The number of ether oxygens (including phenoxy) is 4. The fourth-order valence-corrected chi connectivity index (χ4v) is 8.06. The second kappa shape index (κ2) is 14.0. The molecule has 0 radical (unpaired) electrons. The number of esters is 1. The molecule has 0 saturated carbocycles. The van der Waals surface area contributed by atoms with E-state index in [0.29, 0.717) is 40.5 Å². The first-order valence-corrected chi connectivity index (χ1v) is 16.9. The molecular formula is C31H36FN3O7S2. The number of nitrogens with zero attached hydrogens (tertiary/aromatic N) is 2. The number of rotatable bonds is 12. The van der Waals surface area contributed by atoms with E-state index in [-0.39, 0.29) is 27.7 Å². The van der Waals surface area contributed by atoms with Crippen LogP contribution in [0.3, 0.4) is 0 Å². The Balaban J connectivity index is 1.28. The van der Waals surface area contributed by atoms with Crippen LogP contribution in [-0.4, -0.2) is 70.5 Å². The minimum Gasteiger partial charge on any atom is -0.493 e. The molecule has 0 aliphatic carbocycles. The van der Waals surface area contributed by atoms with Crippen LogP contribution in [0.4, 0.5) is 10.1 Å². The van der Waals surface area contributed by atoms with E-state index in [4.69, 9.17) is 18.9 Å². The summed E-state index contributed by atoms with van der Waals surface area (Å²) in [6.07, 6.45) is 5.08. The average molecular weight is 646 g/mol. The average Bonchev–Trinajstić information content (AvgIpc) is 3.52. The van der Waals surface area contributed by atoms with Crippen LogP contribution >= 0.6 is 11.8 Å². The molecule has 2 aromatic carbocycles. The van der Waals surface area contributed by atoms with Gasteiger partial charge in [0.05, 0.1) is 36.9 Å². The van der Waals surface area contributed by atoms with Crippen molar-refractivity contribution in [3.05, 3.63) is 58.2 Å². The summed E-state index contributed by atoms with van der Waals surface area (Å²) < 4.78 is 65.7. The van der Waals surface area contributed by atoms with Crippen molar-refractivity contribution < 1.29 is 36.6 Å². The summed E-state index contributed by atoms with van der Waals surface area (Å²) in [5, 5.41) is 0.587. The van der Waals surface area contributed by atoms with Crippen LogP contribution in [0.5, 0.6) is 23.0 Å². The maximum absolute atomic E-state index is 15.2. The van der Waals surface area contributed by atoms with Crippen molar-refractivity contribution in [3.8, 4) is 23.0 Å². The zero-order chi connectivity index (χ0) is 31.3. The molecule has 1 aromatic heterocycles. The minimum atomic E-state index is -4.10. The van der Waals surface area contributed by atoms with Crippen LogP contribution in [0.15, 0.2) is 52.4 Å². The van der Waals surface area contributed by atoms with Crippen molar-refractivity contribution in [1.29, 1.82) is 0 Å². The Hall–Kier alpha value is -3.55. The van der Waals surface area contributed by atoms with E-state index in [9.17, 15) is 13.2 Å². The molecule has 10 nitrogen and oxygen atoms in total. The molecule has 0 unspecified atom stereocenters. The summed E-state index contributed by atoms with van der Waals surface area (Å²) in [6, 6.07) is 8.86. The first-order valence-electron chi connectivity index (χ1n) is 14.4. The van der Waals surface area contributed by atoms with Crippen molar-refractivity contribution in [1.82, 2.24) is 9.88 Å². The molecule has 0 atom stereocenters. The standard InChI is InChI=1S/C31H36FN3O7S2/c1-20-8-13-35(14-9-20)12-4-15-41-28-19-24-22(18-27(28)39-2)25(7-11-33-24)42-26-6-5-21(17-23(26)32)34-44(37,38)29-10-16-43-30(29)31(36)40-3/h5-7,11,17-20,34H,4,8-10,12-16H2,1-3H3. The Morgan fingerprint density at radius 3 is 2.61 bits per heavy atom. The number of allylic oxidation sites excluding steroid dienone is 1. The number of nitrogens with one attached hydrogen (secondary N) is 1. The first-order chi connectivity index (χ1) is 21.2. The molecule has 0 bridgehead atoms. The quantitative estimate of drug-likeness (QED) is 0.187. The second-order valence-corrected chi connectivity index (χ2v) is 13.6. The van der Waals surface area contributed by atoms with Crippen molar-refractivity contribution >= 4 is 44.3 Å². The Bertz CT molecular complexity index is 1660. The fourth-order valence-electron chi connectivity index (χ4n) is 5.19. The molecule has 2 aliphatic rings. The molecule has 0 amide bonds. The highest BCUT2D eigenvalue weighted by Gasteiger charge is 2.31. The van der Waals surface area contributed by atoms with Gasteiger partial charge in [-0.3, -0.25) is 9.71 Å². The lowest BCUT2D eigenvalue weighted by Crippen LogP contribution is -2.34. The van der Waals surface area contributed by atoms with Crippen molar-refractivity contribution in [2.24, 2.45) is 5.92 Å². The number of pyridine rings is 1.